The van der Waals surface area contributed by atoms with Crippen molar-refractivity contribution >= 4 is 40.8 Å². The molecule has 3 fully saturated rings. The second kappa shape index (κ2) is 16.6. The molecule has 320 valence electrons. The van der Waals surface area contributed by atoms with Gasteiger partial charge in [-0.1, -0.05) is 73.2 Å². The summed E-state index contributed by atoms with van der Waals surface area (Å²) in [4.78, 5) is 58.7. The number of carbonyl (C=O) groups excluding carboxylic acids is 2. The number of aliphatic carboxylic acids is 1. The van der Waals surface area contributed by atoms with Gasteiger partial charge >= 0.3 is 24.1 Å². The number of nitrogens with one attached hydrogen (secondary N) is 4. The number of carboxylic acids is 1. The first-order valence-electron chi connectivity index (χ1n) is 20.1. The number of pyridine rings is 1. The number of halogens is 3. The smallest absolute Gasteiger partial charge is 0.471 e. The summed E-state index contributed by atoms with van der Waals surface area (Å²) in [5.41, 5.74) is -1.27. The molecule has 0 bridgehead atoms. The molecule has 3 aliphatic rings. The Bertz CT molecular complexity index is 2330. The number of aliphatic hydroxyl groups excluding tert-OH is 2. The van der Waals surface area contributed by atoms with Crippen molar-refractivity contribution in [1.29, 1.82) is 0 Å². The van der Waals surface area contributed by atoms with E-state index in [1.165, 1.54) is 10.9 Å². The molecule has 5 aromatic rings. The van der Waals surface area contributed by atoms with Gasteiger partial charge in [-0.2, -0.15) is 23.1 Å². The Morgan fingerprint density at radius 1 is 0.918 bits per heavy atom. The number of rotatable bonds is 13. The Labute approximate surface area is 347 Å². The normalized spacial score (nSPS) is 23.4. The second-order valence-electron chi connectivity index (χ2n) is 15.9. The number of anilines is 2. The zero-order chi connectivity index (χ0) is 42.9. The van der Waals surface area contributed by atoms with Crippen LogP contribution >= 0.6 is 0 Å². The summed E-state index contributed by atoms with van der Waals surface area (Å²) in [5.74, 6) is -3.55. The van der Waals surface area contributed by atoms with Crippen molar-refractivity contribution in [3.05, 3.63) is 108 Å². The lowest BCUT2D eigenvalue weighted by Crippen LogP contribution is -2.71. The maximum atomic E-state index is 13.8. The Balaban J connectivity index is 1.14. The fraction of sp³-hybridized carbons (Fsp3) is 0.405. The second-order valence-corrected chi connectivity index (χ2v) is 15.9. The summed E-state index contributed by atoms with van der Waals surface area (Å²) < 4.78 is 42.8. The number of imidazole rings is 1. The van der Waals surface area contributed by atoms with Crippen LogP contribution in [0.2, 0.25) is 0 Å². The van der Waals surface area contributed by atoms with E-state index in [1.54, 1.807) is 18.3 Å². The Kier molecular flexibility index (Phi) is 11.3. The average molecular weight is 843 g/mol. The van der Waals surface area contributed by atoms with Crippen molar-refractivity contribution in [3.63, 3.8) is 0 Å². The molecule has 3 amide bonds. The van der Waals surface area contributed by atoms with Crippen LogP contribution in [0.15, 0.2) is 91.4 Å². The lowest BCUT2D eigenvalue weighted by molar-refractivity contribution is -0.188. The van der Waals surface area contributed by atoms with Crippen molar-refractivity contribution in [3.8, 4) is 0 Å². The first-order valence-corrected chi connectivity index (χ1v) is 20.1. The molecular formula is C42H45F3N10O6. The predicted octanol–water partition coefficient (Wildman–Crippen LogP) is 3.88. The average Bonchev–Trinajstić information content (AvgIpc) is 3.94. The number of urea groups is 1. The van der Waals surface area contributed by atoms with Crippen LogP contribution in [0.4, 0.5) is 29.7 Å². The van der Waals surface area contributed by atoms with Crippen LogP contribution < -0.4 is 26.2 Å². The first-order chi connectivity index (χ1) is 29.3. The molecule has 2 aliphatic carbocycles. The highest BCUT2D eigenvalue weighted by Crippen LogP contribution is 2.58. The van der Waals surface area contributed by atoms with Crippen LogP contribution in [0.1, 0.15) is 60.9 Å². The Hall–Kier alpha value is -6.34. The molecule has 3 aromatic heterocycles. The lowest BCUT2D eigenvalue weighted by atomic mass is 9.55. The molecule has 4 heterocycles. The summed E-state index contributed by atoms with van der Waals surface area (Å²) in [6.07, 6.45) is -6.37. The SMILES string of the molecule is O=C(NCc1ccccn1)N[C@@H]1CCN(c2nc(NCC(c3ccccc3)c3ccccc3)c3ncn([C@@H]4C[C@](NC(=O)C(F)(F)F)(C5(C(=O)O)CCC5)[C@@H](O)[C@H]4O)c3n2)C1. The van der Waals surface area contributed by atoms with Gasteiger partial charge in [0.1, 0.15) is 12.2 Å². The fourth-order valence-corrected chi connectivity index (χ4v) is 9.09. The third kappa shape index (κ3) is 7.90. The zero-order valence-corrected chi connectivity index (χ0v) is 32.8. The highest BCUT2D eigenvalue weighted by Gasteiger charge is 2.70. The molecule has 0 spiro atoms. The number of aromatic nitrogens is 5. The molecule has 16 nitrogen and oxygen atoms in total. The molecule has 2 aromatic carbocycles. The van der Waals surface area contributed by atoms with Crippen LogP contribution in [-0.4, -0.2) is 107 Å². The molecule has 7 N–H and O–H groups in total. The molecule has 5 atom stereocenters. The number of amides is 3. The maximum absolute atomic E-state index is 13.8. The van der Waals surface area contributed by atoms with Gasteiger partial charge in [0, 0.05) is 37.8 Å². The van der Waals surface area contributed by atoms with E-state index in [4.69, 9.17) is 9.97 Å². The number of alkyl halides is 3. The number of carboxylic acid groups (broad SMARTS) is 1. The summed E-state index contributed by atoms with van der Waals surface area (Å²) in [6, 6.07) is 23.1. The van der Waals surface area contributed by atoms with E-state index in [0.29, 0.717) is 44.0 Å². The molecule has 0 unspecified atom stereocenters. The van der Waals surface area contributed by atoms with Gasteiger partial charge < -0.3 is 46.1 Å². The third-order valence-corrected chi connectivity index (χ3v) is 12.4. The zero-order valence-electron chi connectivity index (χ0n) is 32.8. The van der Waals surface area contributed by atoms with Crippen molar-refractivity contribution in [2.24, 2.45) is 5.41 Å². The van der Waals surface area contributed by atoms with E-state index in [1.807, 2.05) is 76.9 Å². The van der Waals surface area contributed by atoms with Gasteiger partial charge in [-0.25, -0.2) is 9.78 Å². The third-order valence-electron chi connectivity index (χ3n) is 12.4. The van der Waals surface area contributed by atoms with Gasteiger partial charge in [0.05, 0.1) is 35.6 Å². The number of hydrogen-bond acceptors (Lipinski definition) is 11. The van der Waals surface area contributed by atoms with Gasteiger partial charge in [0.2, 0.25) is 5.95 Å². The van der Waals surface area contributed by atoms with Gasteiger partial charge in [-0.05, 0) is 48.9 Å². The minimum atomic E-state index is -5.40. The van der Waals surface area contributed by atoms with Crippen molar-refractivity contribution in [1.82, 2.24) is 40.5 Å². The standard InChI is InChI=1S/C42H45F3N10O6/c43-42(44,45)36(58)53-41(40(37(59)60)16-9-17-40)20-30(32(56)33(41)57)55-24-49-31-34(47-22-29(25-10-3-1-4-11-25)26-12-5-2-6-13-26)51-38(52-35(31)55)54-19-15-28(23-54)50-39(61)48-21-27-14-7-8-18-46-27/h1-8,10-14,18,24,28-30,32-33,56-57H,9,15-17,19-23H2,(H,53,58)(H,59,60)(H,47,51,52)(H2,48,50,61)/t28-,30-,32+,33+,41-/m1/s1. The minimum absolute atomic E-state index is 0.128. The summed E-state index contributed by atoms with van der Waals surface area (Å²) in [7, 11) is 0. The monoisotopic (exact) mass is 842 g/mol. The van der Waals surface area contributed by atoms with Gasteiger partial charge in [0.25, 0.3) is 0 Å². The minimum Gasteiger partial charge on any atom is -0.481 e. The molecule has 1 aliphatic heterocycles. The van der Waals surface area contributed by atoms with Gasteiger partial charge in [-0.15, -0.1) is 0 Å². The van der Waals surface area contributed by atoms with E-state index >= 15 is 0 Å². The topological polar surface area (TPSA) is 220 Å². The van der Waals surface area contributed by atoms with E-state index in [0.717, 1.165) is 11.1 Å². The van der Waals surface area contributed by atoms with Crippen LogP contribution in [0.5, 0.6) is 0 Å². The number of hydrogen-bond donors (Lipinski definition) is 7. The summed E-state index contributed by atoms with van der Waals surface area (Å²) in [5, 5.41) is 44.8. The molecule has 19 heteroatoms. The number of benzene rings is 2. The predicted molar refractivity (Wildman–Crippen MR) is 215 cm³/mol. The Morgan fingerprint density at radius 3 is 2.21 bits per heavy atom. The molecular weight excluding hydrogens is 798 g/mol. The van der Waals surface area contributed by atoms with E-state index in [-0.39, 0.29) is 54.5 Å². The van der Waals surface area contributed by atoms with Gasteiger partial charge in [0.15, 0.2) is 17.0 Å². The van der Waals surface area contributed by atoms with Crippen molar-refractivity contribution < 1.29 is 42.9 Å². The highest BCUT2D eigenvalue weighted by molar-refractivity contribution is 5.87. The van der Waals surface area contributed by atoms with Crippen LogP contribution in [0.3, 0.4) is 0 Å². The molecule has 2 saturated carbocycles. The number of fused-ring (bicyclic) bond motifs is 1. The van der Waals surface area contributed by atoms with E-state index < -0.39 is 53.7 Å². The van der Waals surface area contributed by atoms with Gasteiger partial charge in [-0.3, -0.25) is 14.6 Å². The van der Waals surface area contributed by atoms with Crippen LogP contribution in [0.25, 0.3) is 11.2 Å². The quantitative estimate of drug-likeness (QED) is 0.0899. The molecule has 8 rings (SSSR count). The van der Waals surface area contributed by atoms with Crippen molar-refractivity contribution in [2.75, 3.05) is 29.9 Å². The fourth-order valence-electron chi connectivity index (χ4n) is 9.09. The largest absolute Gasteiger partial charge is 0.481 e. The molecule has 1 saturated heterocycles. The van der Waals surface area contributed by atoms with Crippen molar-refractivity contribution in [2.45, 2.75) is 80.6 Å². The molecule has 0 radical (unpaired) electrons. The van der Waals surface area contributed by atoms with Crippen LogP contribution in [0, 0.1) is 5.41 Å². The number of aliphatic hydroxyl groups is 2. The highest BCUT2D eigenvalue weighted by atomic mass is 19.4. The maximum Gasteiger partial charge on any atom is 0.471 e. The summed E-state index contributed by atoms with van der Waals surface area (Å²) in [6.45, 7) is 1.31. The summed E-state index contributed by atoms with van der Waals surface area (Å²) >= 11 is 0. The number of carbonyl (C=O) groups is 3. The van der Waals surface area contributed by atoms with E-state index in [9.17, 15) is 42.9 Å². The number of nitrogens with zero attached hydrogens (tertiary/aromatic N) is 6. The first kappa shape index (κ1) is 41.4. The van der Waals surface area contributed by atoms with Crippen LogP contribution in [-0.2, 0) is 16.1 Å². The Morgan fingerprint density at radius 2 is 1.61 bits per heavy atom. The molecule has 61 heavy (non-hydrogen) atoms. The lowest BCUT2D eigenvalue weighted by Gasteiger charge is -2.53. The van der Waals surface area contributed by atoms with E-state index in [2.05, 4.69) is 25.9 Å².